The Kier molecular flexibility index (Phi) is 3.35. The van der Waals surface area contributed by atoms with Crippen molar-refractivity contribution in [1.82, 2.24) is 0 Å². The SMILES string of the molecule is ClCCCC1CC(Cl)c2ccccc21. The van der Waals surface area contributed by atoms with Crippen LogP contribution in [0.5, 0.6) is 0 Å². The molecule has 0 bridgehead atoms. The summed E-state index contributed by atoms with van der Waals surface area (Å²) in [7, 11) is 0. The van der Waals surface area contributed by atoms with Crippen LogP contribution in [0.15, 0.2) is 24.3 Å². The molecule has 0 saturated carbocycles. The summed E-state index contributed by atoms with van der Waals surface area (Å²) in [6.45, 7) is 0. The van der Waals surface area contributed by atoms with Gasteiger partial charge in [-0.15, -0.1) is 23.2 Å². The largest absolute Gasteiger partial charge is 0.127 e. The summed E-state index contributed by atoms with van der Waals surface area (Å²) >= 11 is 12.0. The molecule has 0 amide bonds. The van der Waals surface area contributed by atoms with Crippen LogP contribution >= 0.6 is 23.2 Å². The average molecular weight is 229 g/mol. The molecule has 0 aliphatic heterocycles. The van der Waals surface area contributed by atoms with Crippen LogP contribution in [0.25, 0.3) is 0 Å². The van der Waals surface area contributed by atoms with Gasteiger partial charge in [-0.1, -0.05) is 24.3 Å². The normalized spacial score (nSPS) is 25.0. The smallest absolute Gasteiger partial charge is 0.0593 e. The zero-order chi connectivity index (χ0) is 9.97. The number of fused-ring (bicyclic) bond motifs is 1. The lowest BCUT2D eigenvalue weighted by atomic mass is 9.97. The molecule has 2 atom stereocenters. The molecule has 0 saturated heterocycles. The zero-order valence-electron chi connectivity index (χ0n) is 8.05. The lowest BCUT2D eigenvalue weighted by Gasteiger charge is -2.09. The summed E-state index contributed by atoms with van der Waals surface area (Å²) in [6, 6.07) is 8.52. The van der Waals surface area contributed by atoms with Crippen molar-refractivity contribution in [3.05, 3.63) is 35.4 Å². The van der Waals surface area contributed by atoms with Crippen molar-refractivity contribution in [2.45, 2.75) is 30.6 Å². The van der Waals surface area contributed by atoms with Gasteiger partial charge in [-0.2, -0.15) is 0 Å². The minimum atomic E-state index is 0.214. The van der Waals surface area contributed by atoms with Crippen molar-refractivity contribution in [3.63, 3.8) is 0 Å². The van der Waals surface area contributed by atoms with E-state index in [1.165, 1.54) is 17.5 Å². The highest BCUT2D eigenvalue weighted by atomic mass is 35.5. The summed E-state index contributed by atoms with van der Waals surface area (Å²) in [5, 5.41) is 0.214. The number of hydrogen-bond donors (Lipinski definition) is 0. The molecule has 2 rings (SSSR count). The van der Waals surface area contributed by atoms with E-state index >= 15 is 0 Å². The lowest BCUT2D eigenvalue weighted by molar-refractivity contribution is 0.604. The van der Waals surface area contributed by atoms with Crippen LogP contribution in [0.2, 0.25) is 0 Å². The Balaban J connectivity index is 2.17. The van der Waals surface area contributed by atoms with Gasteiger partial charge in [0.2, 0.25) is 0 Å². The number of halogens is 2. The molecule has 1 aromatic carbocycles. The van der Waals surface area contributed by atoms with Gasteiger partial charge in [0.15, 0.2) is 0 Å². The fraction of sp³-hybridized carbons (Fsp3) is 0.500. The van der Waals surface area contributed by atoms with E-state index in [9.17, 15) is 0 Å². The van der Waals surface area contributed by atoms with Crippen LogP contribution in [0.4, 0.5) is 0 Å². The molecule has 2 unspecified atom stereocenters. The third-order valence-electron chi connectivity index (χ3n) is 2.95. The van der Waals surface area contributed by atoms with Crippen molar-refractivity contribution in [2.75, 3.05) is 5.88 Å². The van der Waals surface area contributed by atoms with Crippen molar-refractivity contribution < 1.29 is 0 Å². The maximum absolute atomic E-state index is 6.28. The van der Waals surface area contributed by atoms with Crippen LogP contribution in [-0.4, -0.2) is 5.88 Å². The molecule has 0 N–H and O–H groups in total. The van der Waals surface area contributed by atoms with Crippen LogP contribution in [0.1, 0.15) is 41.7 Å². The Labute approximate surface area is 95.2 Å². The molecule has 0 nitrogen and oxygen atoms in total. The first-order chi connectivity index (χ1) is 6.83. The molecule has 0 heterocycles. The van der Waals surface area contributed by atoms with Crippen molar-refractivity contribution in [3.8, 4) is 0 Å². The van der Waals surface area contributed by atoms with Gasteiger partial charge in [0, 0.05) is 5.88 Å². The summed E-state index contributed by atoms with van der Waals surface area (Å²) < 4.78 is 0. The predicted molar refractivity (Wildman–Crippen MR) is 62.3 cm³/mol. The van der Waals surface area contributed by atoms with Crippen molar-refractivity contribution in [1.29, 1.82) is 0 Å². The first-order valence-corrected chi connectivity index (χ1v) is 6.09. The van der Waals surface area contributed by atoms with Gasteiger partial charge in [0.05, 0.1) is 5.38 Å². The van der Waals surface area contributed by atoms with Crippen LogP contribution in [0, 0.1) is 0 Å². The van der Waals surface area contributed by atoms with Gasteiger partial charge < -0.3 is 0 Å². The fourth-order valence-electron chi connectivity index (χ4n) is 2.27. The van der Waals surface area contributed by atoms with E-state index in [2.05, 4.69) is 24.3 Å². The fourth-order valence-corrected chi connectivity index (χ4v) is 2.84. The molecule has 1 aliphatic carbocycles. The van der Waals surface area contributed by atoms with E-state index in [1.807, 2.05) is 0 Å². The second kappa shape index (κ2) is 4.55. The standard InChI is InChI=1S/C12H14Cl2/c13-7-3-4-9-8-12(14)11-6-2-1-5-10(9)11/h1-2,5-6,9,12H,3-4,7-8H2. The lowest BCUT2D eigenvalue weighted by Crippen LogP contribution is -1.93. The predicted octanol–water partition coefficient (Wildman–Crippen LogP) is 4.47. The molecule has 0 spiro atoms. The quantitative estimate of drug-likeness (QED) is 0.670. The highest BCUT2D eigenvalue weighted by molar-refractivity contribution is 6.21. The minimum absolute atomic E-state index is 0.214. The van der Waals surface area contributed by atoms with E-state index in [4.69, 9.17) is 23.2 Å². The number of alkyl halides is 2. The van der Waals surface area contributed by atoms with E-state index < -0.39 is 0 Å². The van der Waals surface area contributed by atoms with Gasteiger partial charge in [0.1, 0.15) is 0 Å². The molecular formula is C12H14Cl2. The molecule has 1 aromatic rings. The summed E-state index contributed by atoms with van der Waals surface area (Å²) in [5.74, 6) is 1.39. The molecule has 0 fully saturated rings. The van der Waals surface area contributed by atoms with Gasteiger partial charge in [-0.25, -0.2) is 0 Å². The molecule has 14 heavy (non-hydrogen) atoms. The highest BCUT2D eigenvalue weighted by Gasteiger charge is 2.28. The zero-order valence-corrected chi connectivity index (χ0v) is 9.56. The second-order valence-electron chi connectivity index (χ2n) is 3.86. The molecule has 0 radical (unpaired) electrons. The molecule has 76 valence electrons. The minimum Gasteiger partial charge on any atom is -0.127 e. The first kappa shape index (κ1) is 10.3. The van der Waals surface area contributed by atoms with Gasteiger partial charge in [-0.3, -0.25) is 0 Å². The van der Waals surface area contributed by atoms with E-state index in [0.717, 1.165) is 18.7 Å². The Morgan fingerprint density at radius 2 is 1.93 bits per heavy atom. The summed E-state index contributed by atoms with van der Waals surface area (Å²) in [6.07, 6.45) is 3.34. The highest BCUT2D eigenvalue weighted by Crippen LogP contribution is 2.45. The van der Waals surface area contributed by atoms with E-state index in [1.54, 1.807) is 0 Å². The molecule has 0 aromatic heterocycles. The first-order valence-electron chi connectivity index (χ1n) is 5.11. The summed E-state index contributed by atoms with van der Waals surface area (Å²) in [5.41, 5.74) is 2.77. The number of hydrogen-bond acceptors (Lipinski definition) is 0. The Bertz CT molecular complexity index is 309. The number of benzene rings is 1. The summed E-state index contributed by atoms with van der Waals surface area (Å²) in [4.78, 5) is 0. The topological polar surface area (TPSA) is 0 Å². The Morgan fingerprint density at radius 3 is 2.64 bits per heavy atom. The van der Waals surface area contributed by atoms with E-state index in [0.29, 0.717) is 5.92 Å². The third kappa shape index (κ3) is 1.92. The van der Waals surface area contributed by atoms with Crippen LogP contribution in [0.3, 0.4) is 0 Å². The monoisotopic (exact) mass is 228 g/mol. The van der Waals surface area contributed by atoms with E-state index in [-0.39, 0.29) is 5.38 Å². The Hall–Kier alpha value is -0.200. The van der Waals surface area contributed by atoms with Gasteiger partial charge in [0.25, 0.3) is 0 Å². The maximum Gasteiger partial charge on any atom is 0.0593 e. The molecule has 1 aliphatic rings. The third-order valence-corrected chi connectivity index (χ3v) is 3.63. The van der Waals surface area contributed by atoms with Crippen LogP contribution in [-0.2, 0) is 0 Å². The van der Waals surface area contributed by atoms with Crippen molar-refractivity contribution >= 4 is 23.2 Å². The Morgan fingerprint density at radius 1 is 1.21 bits per heavy atom. The average Bonchev–Trinajstić information content (AvgIpc) is 2.54. The van der Waals surface area contributed by atoms with Crippen molar-refractivity contribution in [2.24, 2.45) is 0 Å². The van der Waals surface area contributed by atoms with Crippen LogP contribution < -0.4 is 0 Å². The molecule has 2 heteroatoms. The van der Waals surface area contributed by atoms with Gasteiger partial charge >= 0.3 is 0 Å². The molecular weight excluding hydrogens is 215 g/mol. The van der Waals surface area contributed by atoms with Gasteiger partial charge in [-0.05, 0) is 36.3 Å². The number of rotatable bonds is 3. The maximum atomic E-state index is 6.28. The second-order valence-corrected chi connectivity index (χ2v) is 4.77.